The molecule has 1 heterocycles. The van der Waals surface area contributed by atoms with Crippen molar-refractivity contribution in [2.45, 2.75) is 4.90 Å². The number of halogens is 1. The molecule has 2 amide bonds. The molecule has 1 aliphatic heterocycles. The highest BCUT2D eigenvalue weighted by Crippen LogP contribution is 2.30. The van der Waals surface area contributed by atoms with Crippen LogP contribution >= 0.6 is 11.8 Å². The van der Waals surface area contributed by atoms with Crippen molar-refractivity contribution in [1.29, 1.82) is 0 Å². The Kier molecular flexibility index (Phi) is 6.85. The van der Waals surface area contributed by atoms with Crippen molar-refractivity contribution >= 4 is 40.6 Å². The van der Waals surface area contributed by atoms with E-state index in [1.807, 2.05) is 4.90 Å². The van der Waals surface area contributed by atoms with E-state index in [4.69, 9.17) is 10.5 Å². The number of carbonyl (C=O) groups excluding carboxylic acids is 2. The highest BCUT2D eigenvalue weighted by atomic mass is 32.2. The number of nitro benzene ring substituents is 1. The van der Waals surface area contributed by atoms with Gasteiger partial charge in [0.05, 0.1) is 34.5 Å². The van der Waals surface area contributed by atoms with Crippen molar-refractivity contribution in [2.75, 3.05) is 42.3 Å². The van der Waals surface area contributed by atoms with Gasteiger partial charge in [-0.15, -0.1) is 11.8 Å². The Morgan fingerprint density at radius 3 is 2.60 bits per heavy atom. The van der Waals surface area contributed by atoms with Gasteiger partial charge in [-0.25, -0.2) is 4.39 Å². The molecule has 0 atom stereocenters. The predicted molar refractivity (Wildman–Crippen MR) is 110 cm³/mol. The summed E-state index contributed by atoms with van der Waals surface area (Å²) in [7, 11) is 0. The van der Waals surface area contributed by atoms with E-state index in [9.17, 15) is 24.1 Å². The summed E-state index contributed by atoms with van der Waals surface area (Å²) in [6.45, 7) is 2.24. The Bertz CT molecular complexity index is 981. The van der Waals surface area contributed by atoms with Crippen molar-refractivity contribution in [1.82, 2.24) is 0 Å². The maximum atomic E-state index is 14.4. The molecule has 3 N–H and O–H groups in total. The van der Waals surface area contributed by atoms with Crippen LogP contribution in [0.5, 0.6) is 0 Å². The molecular weight excluding hydrogens is 415 g/mol. The minimum atomic E-state index is -0.782. The van der Waals surface area contributed by atoms with E-state index in [-0.39, 0.29) is 27.6 Å². The van der Waals surface area contributed by atoms with Gasteiger partial charge in [-0.05, 0) is 30.3 Å². The zero-order valence-electron chi connectivity index (χ0n) is 15.8. The summed E-state index contributed by atoms with van der Waals surface area (Å²) in [5.41, 5.74) is 5.56. The van der Waals surface area contributed by atoms with Crippen LogP contribution in [-0.2, 0) is 9.53 Å². The van der Waals surface area contributed by atoms with Crippen LogP contribution in [0.15, 0.2) is 41.3 Å². The van der Waals surface area contributed by atoms with Crippen molar-refractivity contribution in [3.05, 3.63) is 57.9 Å². The number of morpholine rings is 1. The van der Waals surface area contributed by atoms with Crippen molar-refractivity contribution in [2.24, 2.45) is 5.73 Å². The molecule has 9 nitrogen and oxygen atoms in total. The number of nitro groups is 1. The van der Waals surface area contributed by atoms with Gasteiger partial charge in [-0.2, -0.15) is 0 Å². The molecule has 0 saturated carbocycles. The average Bonchev–Trinajstić information content (AvgIpc) is 2.72. The Labute approximate surface area is 175 Å². The summed E-state index contributed by atoms with van der Waals surface area (Å²) in [6.07, 6.45) is 0. The van der Waals surface area contributed by atoms with Gasteiger partial charge in [-0.1, -0.05) is 0 Å². The van der Waals surface area contributed by atoms with Gasteiger partial charge in [-0.3, -0.25) is 19.7 Å². The number of anilines is 2. The summed E-state index contributed by atoms with van der Waals surface area (Å²) < 4.78 is 19.7. The highest BCUT2D eigenvalue weighted by Gasteiger charge is 2.19. The maximum Gasteiger partial charge on any atom is 0.283 e. The predicted octanol–water partition coefficient (Wildman–Crippen LogP) is 2.40. The number of rotatable bonds is 7. The Balaban J connectivity index is 1.63. The lowest BCUT2D eigenvalue weighted by Gasteiger charge is -2.29. The topological polar surface area (TPSA) is 128 Å². The van der Waals surface area contributed by atoms with Gasteiger partial charge >= 0.3 is 0 Å². The van der Waals surface area contributed by atoms with Crippen LogP contribution in [0.25, 0.3) is 0 Å². The standard InChI is InChI=1S/C19H19FN4O5S/c20-14-10-13(2-3-15(14)23-5-7-29-8-6-23)22-18(25)11-30-17-4-1-12(19(21)26)9-16(17)24(27)28/h1-4,9-10H,5-8,11H2,(H2,21,26)(H,22,25). The normalized spacial score (nSPS) is 13.7. The number of primary amides is 1. The molecule has 0 spiro atoms. The Hall–Kier alpha value is -3.18. The quantitative estimate of drug-likeness (QED) is 0.389. The van der Waals surface area contributed by atoms with E-state index < -0.39 is 22.6 Å². The lowest BCUT2D eigenvalue weighted by molar-refractivity contribution is -0.387. The van der Waals surface area contributed by atoms with Crippen LogP contribution in [-0.4, -0.2) is 48.8 Å². The van der Waals surface area contributed by atoms with Crippen LogP contribution < -0.4 is 16.0 Å². The number of benzene rings is 2. The second-order valence-corrected chi connectivity index (χ2v) is 7.42. The Morgan fingerprint density at radius 1 is 1.23 bits per heavy atom. The molecule has 158 valence electrons. The van der Waals surface area contributed by atoms with Gasteiger partial charge in [0, 0.05) is 30.4 Å². The fraction of sp³-hybridized carbons (Fsp3) is 0.263. The third-order valence-electron chi connectivity index (χ3n) is 4.38. The van der Waals surface area contributed by atoms with E-state index in [1.54, 1.807) is 12.1 Å². The number of ether oxygens (including phenoxy) is 1. The SMILES string of the molecule is NC(=O)c1ccc(SCC(=O)Nc2ccc(N3CCOCC3)c(F)c2)c([N+](=O)[O-])c1. The first-order chi connectivity index (χ1) is 14.3. The third kappa shape index (κ3) is 5.24. The first kappa shape index (κ1) is 21.5. The van der Waals surface area contributed by atoms with Gasteiger partial charge in [0.2, 0.25) is 11.8 Å². The molecule has 0 radical (unpaired) electrons. The summed E-state index contributed by atoms with van der Waals surface area (Å²) in [5.74, 6) is -1.83. The van der Waals surface area contributed by atoms with Crippen molar-refractivity contribution in [3.8, 4) is 0 Å². The van der Waals surface area contributed by atoms with Gasteiger partial charge in [0.15, 0.2) is 0 Å². The number of nitrogens with one attached hydrogen (secondary N) is 1. The Morgan fingerprint density at radius 2 is 1.97 bits per heavy atom. The fourth-order valence-corrected chi connectivity index (χ4v) is 3.73. The van der Waals surface area contributed by atoms with Gasteiger partial charge in [0.25, 0.3) is 5.69 Å². The highest BCUT2D eigenvalue weighted by molar-refractivity contribution is 8.00. The number of amides is 2. The maximum absolute atomic E-state index is 14.4. The van der Waals surface area contributed by atoms with E-state index in [1.165, 1.54) is 18.2 Å². The number of hydrogen-bond acceptors (Lipinski definition) is 7. The summed E-state index contributed by atoms with van der Waals surface area (Å²) in [4.78, 5) is 36.1. The molecule has 1 saturated heterocycles. The van der Waals surface area contributed by atoms with Crippen LogP contribution in [0, 0.1) is 15.9 Å². The molecule has 0 aliphatic carbocycles. The summed E-state index contributed by atoms with van der Waals surface area (Å²) in [5, 5.41) is 13.8. The minimum Gasteiger partial charge on any atom is -0.378 e. The molecule has 0 unspecified atom stereocenters. The number of nitrogens with two attached hydrogens (primary N) is 1. The van der Waals surface area contributed by atoms with Crippen LogP contribution in [0.2, 0.25) is 0 Å². The van der Waals surface area contributed by atoms with Crippen molar-refractivity contribution in [3.63, 3.8) is 0 Å². The largest absolute Gasteiger partial charge is 0.378 e. The molecule has 11 heteroatoms. The second kappa shape index (κ2) is 9.55. The number of nitrogens with zero attached hydrogens (tertiary/aromatic N) is 2. The van der Waals surface area contributed by atoms with Gasteiger partial charge < -0.3 is 20.7 Å². The van der Waals surface area contributed by atoms with Crippen LogP contribution in [0.1, 0.15) is 10.4 Å². The minimum absolute atomic E-state index is 0.00587. The van der Waals surface area contributed by atoms with E-state index >= 15 is 0 Å². The number of hydrogen-bond donors (Lipinski definition) is 2. The molecule has 2 aromatic carbocycles. The lowest BCUT2D eigenvalue weighted by Crippen LogP contribution is -2.36. The first-order valence-corrected chi connectivity index (χ1v) is 9.97. The van der Waals surface area contributed by atoms with E-state index in [2.05, 4.69) is 5.32 Å². The monoisotopic (exact) mass is 434 g/mol. The molecule has 1 fully saturated rings. The smallest absolute Gasteiger partial charge is 0.283 e. The average molecular weight is 434 g/mol. The first-order valence-electron chi connectivity index (χ1n) is 8.98. The molecule has 0 bridgehead atoms. The molecule has 3 rings (SSSR count). The van der Waals surface area contributed by atoms with Gasteiger partial charge in [0.1, 0.15) is 5.82 Å². The third-order valence-corrected chi connectivity index (χ3v) is 5.44. The molecule has 30 heavy (non-hydrogen) atoms. The van der Waals surface area contributed by atoms with Crippen LogP contribution in [0.4, 0.5) is 21.5 Å². The van der Waals surface area contributed by atoms with E-state index in [0.29, 0.717) is 32.0 Å². The molecule has 2 aromatic rings. The number of carbonyl (C=O) groups is 2. The second-order valence-electron chi connectivity index (χ2n) is 6.41. The van der Waals surface area contributed by atoms with Crippen LogP contribution in [0.3, 0.4) is 0 Å². The summed E-state index contributed by atoms with van der Waals surface area (Å²) in [6, 6.07) is 8.22. The zero-order chi connectivity index (χ0) is 21.7. The number of thioether (sulfide) groups is 1. The molecule has 1 aliphatic rings. The fourth-order valence-electron chi connectivity index (χ4n) is 2.92. The molecular formula is C19H19FN4O5S. The lowest BCUT2D eigenvalue weighted by atomic mass is 10.2. The van der Waals surface area contributed by atoms with E-state index in [0.717, 1.165) is 17.8 Å². The summed E-state index contributed by atoms with van der Waals surface area (Å²) >= 11 is 0.932. The van der Waals surface area contributed by atoms with Crippen molar-refractivity contribution < 1.29 is 23.6 Å². The zero-order valence-corrected chi connectivity index (χ0v) is 16.6. The molecule has 0 aromatic heterocycles.